The average Bonchev–Trinajstić information content (AvgIpc) is 1.94. The molecular formula is C5H10NO5S3. The third-order valence-corrected chi connectivity index (χ3v) is 2.49. The Labute approximate surface area is 88.8 Å². The minimum Gasteiger partial charge on any atom is -0.260 e. The van der Waals surface area contributed by atoms with Crippen LogP contribution >= 0.6 is 12.2 Å². The van der Waals surface area contributed by atoms with Gasteiger partial charge in [-0.3, -0.25) is 4.18 Å². The Kier molecular flexibility index (Phi) is 5.09. The maximum atomic E-state index is 10.6. The monoisotopic (exact) mass is 260 g/mol. The summed E-state index contributed by atoms with van der Waals surface area (Å²) in [6.45, 7) is -0.255. The second-order valence-corrected chi connectivity index (χ2v) is 6.20. The van der Waals surface area contributed by atoms with Crippen LogP contribution in [0.4, 0.5) is 0 Å². The molecule has 1 atom stereocenters. The van der Waals surface area contributed by atoms with Crippen LogP contribution in [0.2, 0.25) is 0 Å². The fourth-order valence-electron chi connectivity index (χ4n) is 0.533. The highest BCUT2D eigenvalue weighted by molar-refractivity contribution is 7.88. The third kappa shape index (κ3) is 8.51. The van der Waals surface area contributed by atoms with E-state index in [2.05, 4.69) is 21.8 Å². The standard InChI is InChI=1S/C5H10NO5S3/c1-13(7,8)6-3-5(4-12)11-14(2,9)10/h5-6H,3H2,1-2H3. The molecule has 1 unspecified atom stereocenters. The van der Waals surface area contributed by atoms with Crippen LogP contribution in [0, 0.1) is 0 Å². The second-order valence-electron chi connectivity index (χ2n) is 2.53. The minimum absolute atomic E-state index is 0.255. The molecule has 6 nitrogen and oxygen atoms in total. The molecule has 0 bridgehead atoms. The molecule has 14 heavy (non-hydrogen) atoms. The summed E-state index contributed by atoms with van der Waals surface area (Å²) >= 11 is 4.36. The number of hydrogen-bond acceptors (Lipinski definition) is 6. The molecule has 0 spiro atoms. The van der Waals surface area contributed by atoms with Crippen molar-refractivity contribution in [1.29, 1.82) is 0 Å². The maximum absolute atomic E-state index is 10.6. The lowest BCUT2D eigenvalue weighted by Crippen LogP contribution is -2.34. The summed E-state index contributed by atoms with van der Waals surface area (Å²) in [5.41, 5.74) is 0. The molecule has 0 saturated heterocycles. The van der Waals surface area contributed by atoms with Crippen LogP contribution in [-0.2, 0) is 24.3 Å². The summed E-state index contributed by atoms with van der Waals surface area (Å²) < 4.78 is 49.0. The zero-order valence-corrected chi connectivity index (χ0v) is 10.00. The van der Waals surface area contributed by atoms with E-state index in [9.17, 15) is 16.8 Å². The largest absolute Gasteiger partial charge is 0.265 e. The van der Waals surface area contributed by atoms with Gasteiger partial charge in [-0.2, -0.15) is 8.42 Å². The summed E-state index contributed by atoms with van der Waals surface area (Å²) in [6.07, 6.45) is 0.691. The molecule has 1 radical (unpaired) electrons. The Hall–Kier alpha value is -0.0900. The fraction of sp³-hybridized carbons (Fsp3) is 0.800. The first-order valence-electron chi connectivity index (χ1n) is 3.34. The Morgan fingerprint density at radius 1 is 1.36 bits per heavy atom. The van der Waals surface area contributed by atoms with Gasteiger partial charge in [0.1, 0.15) is 6.10 Å². The van der Waals surface area contributed by atoms with Gasteiger partial charge in [0, 0.05) is 6.54 Å². The van der Waals surface area contributed by atoms with Gasteiger partial charge in [0.25, 0.3) is 10.1 Å². The molecule has 9 heteroatoms. The van der Waals surface area contributed by atoms with Gasteiger partial charge in [-0.1, -0.05) is 12.2 Å². The van der Waals surface area contributed by atoms with Gasteiger partial charge < -0.3 is 0 Å². The molecule has 83 valence electrons. The Balaban J connectivity index is 4.26. The molecule has 0 aromatic carbocycles. The zero-order chi connectivity index (χ0) is 11.4. The van der Waals surface area contributed by atoms with E-state index in [1.807, 2.05) is 4.72 Å². The molecule has 0 saturated carbocycles. The first kappa shape index (κ1) is 13.9. The van der Waals surface area contributed by atoms with Crippen molar-refractivity contribution in [2.75, 3.05) is 19.1 Å². The van der Waals surface area contributed by atoms with Crippen molar-refractivity contribution in [3.63, 3.8) is 0 Å². The summed E-state index contributed by atoms with van der Waals surface area (Å²) in [5.74, 6) is 0. The Morgan fingerprint density at radius 3 is 2.14 bits per heavy atom. The van der Waals surface area contributed by atoms with E-state index in [4.69, 9.17) is 0 Å². The first-order chi connectivity index (χ1) is 6.14. The summed E-state index contributed by atoms with van der Waals surface area (Å²) in [4.78, 5) is 0. The topological polar surface area (TPSA) is 89.5 Å². The van der Waals surface area contributed by atoms with E-state index in [1.54, 1.807) is 0 Å². The highest BCUT2D eigenvalue weighted by Gasteiger charge is 2.14. The number of nitrogens with one attached hydrogen (secondary N) is 1. The highest BCUT2D eigenvalue weighted by Crippen LogP contribution is 1.95. The predicted octanol–water partition coefficient (Wildman–Crippen LogP) is -1.24. The van der Waals surface area contributed by atoms with Crippen molar-refractivity contribution in [1.82, 2.24) is 4.72 Å². The molecule has 1 N–H and O–H groups in total. The van der Waals surface area contributed by atoms with Crippen molar-refractivity contribution in [2.24, 2.45) is 0 Å². The van der Waals surface area contributed by atoms with Crippen LogP contribution in [-0.4, -0.2) is 47.4 Å². The number of rotatable bonds is 6. The van der Waals surface area contributed by atoms with E-state index < -0.39 is 26.2 Å². The van der Waals surface area contributed by atoms with Crippen molar-refractivity contribution in [3.05, 3.63) is 0 Å². The van der Waals surface area contributed by atoms with E-state index in [-0.39, 0.29) is 6.54 Å². The van der Waals surface area contributed by atoms with Gasteiger partial charge in [0.05, 0.1) is 17.9 Å². The molecule has 0 rings (SSSR count). The molecule has 0 aliphatic heterocycles. The van der Waals surface area contributed by atoms with E-state index in [0.29, 0.717) is 0 Å². The normalized spacial score (nSPS) is 15.0. The van der Waals surface area contributed by atoms with Crippen molar-refractivity contribution < 1.29 is 21.0 Å². The Morgan fingerprint density at radius 2 is 1.86 bits per heavy atom. The van der Waals surface area contributed by atoms with Crippen LogP contribution in [0.1, 0.15) is 0 Å². The predicted molar refractivity (Wildman–Crippen MR) is 55.2 cm³/mol. The van der Waals surface area contributed by atoms with Gasteiger partial charge in [0.15, 0.2) is 0 Å². The van der Waals surface area contributed by atoms with Gasteiger partial charge in [-0.25, -0.2) is 13.1 Å². The molecule has 0 aromatic rings. The fourth-order valence-corrected chi connectivity index (χ4v) is 1.72. The molecule has 0 aliphatic carbocycles. The quantitative estimate of drug-likeness (QED) is 0.474. The average molecular weight is 260 g/mol. The highest BCUT2D eigenvalue weighted by atomic mass is 32.2. The lowest BCUT2D eigenvalue weighted by atomic mass is 10.4. The van der Waals surface area contributed by atoms with Crippen molar-refractivity contribution in [3.8, 4) is 0 Å². The number of hydrogen-bond donors (Lipinski definition) is 1. The number of thiocarbonyl (C=S) groups is 1. The molecule has 0 aromatic heterocycles. The van der Waals surface area contributed by atoms with Crippen LogP contribution in [0.3, 0.4) is 0 Å². The second kappa shape index (κ2) is 5.12. The van der Waals surface area contributed by atoms with E-state index in [0.717, 1.165) is 12.5 Å². The maximum Gasteiger partial charge on any atom is 0.265 e. The van der Waals surface area contributed by atoms with Crippen LogP contribution in [0.25, 0.3) is 0 Å². The first-order valence-corrected chi connectivity index (χ1v) is 7.46. The zero-order valence-electron chi connectivity index (χ0n) is 7.55. The third-order valence-electron chi connectivity index (χ3n) is 0.953. The molecule has 0 heterocycles. The van der Waals surface area contributed by atoms with Gasteiger partial charge in [0.2, 0.25) is 10.0 Å². The number of sulfonamides is 1. The van der Waals surface area contributed by atoms with Crippen LogP contribution < -0.4 is 4.72 Å². The lowest BCUT2D eigenvalue weighted by molar-refractivity contribution is 0.283. The molecule has 0 fully saturated rings. The van der Waals surface area contributed by atoms with Gasteiger partial charge in [-0.15, -0.1) is 0 Å². The smallest absolute Gasteiger partial charge is 0.260 e. The minimum atomic E-state index is -3.67. The Bertz CT molecular complexity index is 384. The SMILES string of the molecule is CS(=O)(=O)NCC([C]=S)OS(C)(=O)=O. The summed E-state index contributed by atoms with van der Waals surface area (Å²) in [7, 11) is -7.06. The molecule has 0 aliphatic rings. The lowest BCUT2D eigenvalue weighted by Gasteiger charge is -2.10. The van der Waals surface area contributed by atoms with E-state index >= 15 is 0 Å². The van der Waals surface area contributed by atoms with Crippen LogP contribution in [0.5, 0.6) is 0 Å². The molecule has 0 amide bonds. The summed E-state index contributed by atoms with van der Waals surface area (Å²) in [5, 5.41) is 2.09. The van der Waals surface area contributed by atoms with Crippen molar-refractivity contribution >= 4 is 37.7 Å². The van der Waals surface area contributed by atoms with Gasteiger partial charge in [-0.05, 0) is 0 Å². The van der Waals surface area contributed by atoms with E-state index in [1.165, 1.54) is 0 Å². The van der Waals surface area contributed by atoms with Crippen molar-refractivity contribution in [2.45, 2.75) is 6.10 Å². The van der Waals surface area contributed by atoms with Gasteiger partial charge >= 0.3 is 0 Å². The van der Waals surface area contributed by atoms with Crippen LogP contribution in [0.15, 0.2) is 0 Å². The molecular weight excluding hydrogens is 250 g/mol. The summed E-state index contributed by atoms with van der Waals surface area (Å²) in [6, 6.07) is 0.